The summed E-state index contributed by atoms with van der Waals surface area (Å²) in [6.07, 6.45) is 1.34. The lowest BCUT2D eigenvalue weighted by atomic mass is 9.93. The molecule has 0 aliphatic carbocycles. The summed E-state index contributed by atoms with van der Waals surface area (Å²) in [6, 6.07) is 6.12. The van der Waals surface area contributed by atoms with Gasteiger partial charge in [0.15, 0.2) is 5.96 Å². The minimum absolute atomic E-state index is 0.111. The van der Waals surface area contributed by atoms with Gasteiger partial charge in [-0.05, 0) is 29.5 Å². The Hall–Kier alpha value is -2.11. The monoisotopic (exact) mass is 334 g/mol. The van der Waals surface area contributed by atoms with E-state index in [0.717, 1.165) is 25.5 Å². The van der Waals surface area contributed by atoms with Gasteiger partial charge in [-0.15, -0.1) is 0 Å². The van der Waals surface area contributed by atoms with Gasteiger partial charge in [-0.3, -0.25) is 9.79 Å². The van der Waals surface area contributed by atoms with Gasteiger partial charge in [0.25, 0.3) is 0 Å². The molecule has 24 heavy (non-hydrogen) atoms. The molecule has 1 aromatic carbocycles. The largest absolute Gasteiger partial charge is 0.354 e. The Morgan fingerprint density at radius 3 is 2.71 bits per heavy atom. The quantitative estimate of drug-likeness (QED) is 0.490. The molecule has 0 atom stereocenters. The third-order valence-electron chi connectivity index (χ3n) is 4.17. The van der Waals surface area contributed by atoms with Gasteiger partial charge in [0.05, 0.1) is 6.42 Å². The summed E-state index contributed by atoms with van der Waals surface area (Å²) >= 11 is 0. The van der Waals surface area contributed by atoms with Crippen molar-refractivity contribution >= 4 is 11.9 Å². The van der Waals surface area contributed by atoms with Gasteiger partial charge in [-0.25, -0.2) is 4.39 Å². The third-order valence-corrected chi connectivity index (χ3v) is 4.17. The summed E-state index contributed by atoms with van der Waals surface area (Å²) in [6.45, 7) is 7.61. The van der Waals surface area contributed by atoms with Crippen molar-refractivity contribution in [1.29, 1.82) is 0 Å². The molecule has 132 valence electrons. The molecule has 6 heteroatoms. The number of hydrogen-bond donors (Lipinski definition) is 2. The molecule has 0 saturated carbocycles. The van der Waals surface area contributed by atoms with E-state index in [0.29, 0.717) is 24.1 Å². The highest BCUT2D eigenvalue weighted by Crippen LogP contribution is 2.28. The SMILES string of the molecule is CN=C(NCCNC(=O)Cc1cccc(F)c1)N1CCC(C)(C)C1. The highest BCUT2D eigenvalue weighted by molar-refractivity contribution is 5.80. The van der Waals surface area contributed by atoms with Crippen LogP contribution in [0, 0.1) is 11.2 Å². The molecule has 5 nitrogen and oxygen atoms in total. The summed E-state index contributed by atoms with van der Waals surface area (Å²) in [5.41, 5.74) is 0.993. The normalized spacial score (nSPS) is 17.0. The second-order valence-electron chi connectivity index (χ2n) is 6.97. The van der Waals surface area contributed by atoms with Crippen LogP contribution in [0.5, 0.6) is 0 Å². The predicted molar refractivity (Wildman–Crippen MR) is 94.4 cm³/mol. The molecule has 0 spiro atoms. The predicted octanol–water partition coefficient (Wildman–Crippen LogP) is 1.79. The van der Waals surface area contributed by atoms with E-state index < -0.39 is 0 Å². The molecule has 2 rings (SSSR count). The lowest BCUT2D eigenvalue weighted by molar-refractivity contribution is -0.120. The maximum atomic E-state index is 13.1. The van der Waals surface area contributed by atoms with E-state index in [4.69, 9.17) is 0 Å². The first-order chi connectivity index (χ1) is 11.4. The molecular weight excluding hydrogens is 307 g/mol. The molecule has 1 aliphatic heterocycles. The molecule has 2 N–H and O–H groups in total. The Morgan fingerprint density at radius 2 is 2.08 bits per heavy atom. The number of rotatable bonds is 5. The fourth-order valence-corrected chi connectivity index (χ4v) is 2.90. The average molecular weight is 334 g/mol. The van der Waals surface area contributed by atoms with Gasteiger partial charge in [0, 0.05) is 33.2 Å². The standard InChI is InChI=1S/C18H27FN4O/c1-18(2)7-10-23(13-18)17(20-3)22-9-8-21-16(24)12-14-5-4-6-15(19)11-14/h4-6,11H,7-10,12-13H2,1-3H3,(H,20,22)(H,21,24). The Morgan fingerprint density at radius 1 is 1.33 bits per heavy atom. The van der Waals surface area contributed by atoms with E-state index in [9.17, 15) is 9.18 Å². The van der Waals surface area contributed by atoms with Crippen LogP contribution >= 0.6 is 0 Å². The van der Waals surface area contributed by atoms with Crippen molar-refractivity contribution in [3.8, 4) is 0 Å². The lowest BCUT2D eigenvalue weighted by Gasteiger charge is -2.23. The number of aliphatic imine (C=N–C) groups is 1. The van der Waals surface area contributed by atoms with Crippen LogP contribution in [-0.4, -0.2) is 50.0 Å². The van der Waals surface area contributed by atoms with Crippen molar-refractivity contribution in [3.63, 3.8) is 0 Å². The summed E-state index contributed by atoms with van der Waals surface area (Å²) in [5, 5.41) is 6.12. The molecule has 1 heterocycles. The van der Waals surface area contributed by atoms with Crippen LogP contribution in [0.1, 0.15) is 25.8 Å². The molecule has 1 saturated heterocycles. The van der Waals surface area contributed by atoms with Gasteiger partial charge in [0.1, 0.15) is 5.82 Å². The highest BCUT2D eigenvalue weighted by Gasteiger charge is 2.30. The summed E-state index contributed by atoms with van der Waals surface area (Å²) in [5.74, 6) is 0.443. The van der Waals surface area contributed by atoms with E-state index in [2.05, 4.69) is 34.4 Å². The zero-order valence-corrected chi connectivity index (χ0v) is 14.7. The molecule has 0 unspecified atom stereocenters. The van der Waals surface area contributed by atoms with E-state index >= 15 is 0 Å². The number of benzene rings is 1. The van der Waals surface area contributed by atoms with Crippen LogP contribution in [0.2, 0.25) is 0 Å². The second-order valence-corrected chi connectivity index (χ2v) is 6.97. The number of nitrogens with one attached hydrogen (secondary N) is 2. The maximum Gasteiger partial charge on any atom is 0.224 e. The highest BCUT2D eigenvalue weighted by atomic mass is 19.1. The lowest BCUT2D eigenvalue weighted by Crippen LogP contribution is -2.43. The first kappa shape index (κ1) is 18.2. The number of carbonyl (C=O) groups excluding carboxylic acids is 1. The number of guanidine groups is 1. The van der Waals surface area contributed by atoms with Crippen LogP contribution in [0.4, 0.5) is 4.39 Å². The molecular formula is C18H27FN4O. The summed E-state index contributed by atoms with van der Waals surface area (Å²) < 4.78 is 13.1. The van der Waals surface area contributed by atoms with Crippen LogP contribution < -0.4 is 10.6 Å². The fourth-order valence-electron chi connectivity index (χ4n) is 2.90. The van der Waals surface area contributed by atoms with E-state index in [1.807, 2.05) is 0 Å². The zero-order valence-electron chi connectivity index (χ0n) is 14.7. The Balaban J connectivity index is 1.69. The molecule has 1 fully saturated rings. The molecule has 1 aliphatic rings. The van der Waals surface area contributed by atoms with Crippen LogP contribution in [0.15, 0.2) is 29.3 Å². The molecule has 1 aromatic rings. The van der Waals surface area contributed by atoms with Crippen molar-refractivity contribution < 1.29 is 9.18 Å². The molecule has 1 amide bonds. The fraction of sp³-hybridized carbons (Fsp3) is 0.556. The van der Waals surface area contributed by atoms with Crippen molar-refractivity contribution in [1.82, 2.24) is 15.5 Å². The van der Waals surface area contributed by atoms with Gasteiger partial charge in [-0.2, -0.15) is 0 Å². The minimum Gasteiger partial charge on any atom is -0.354 e. The number of likely N-dealkylation sites (tertiary alicyclic amines) is 1. The number of amides is 1. The van der Waals surface area contributed by atoms with Crippen LogP contribution in [0.25, 0.3) is 0 Å². The van der Waals surface area contributed by atoms with Gasteiger partial charge < -0.3 is 15.5 Å². The van der Waals surface area contributed by atoms with Crippen molar-refractivity contribution in [3.05, 3.63) is 35.6 Å². The zero-order chi connectivity index (χ0) is 17.6. The third kappa shape index (κ3) is 5.51. The Kier molecular flexibility index (Phi) is 6.17. The number of halogens is 1. The van der Waals surface area contributed by atoms with E-state index in [1.165, 1.54) is 12.1 Å². The average Bonchev–Trinajstić information content (AvgIpc) is 2.87. The first-order valence-electron chi connectivity index (χ1n) is 8.36. The van der Waals surface area contributed by atoms with Crippen LogP contribution in [0.3, 0.4) is 0 Å². The molecule has 0 aromatic heterocycles. The Bertz CT molecular complexity index is 600. The van der Waals surface area contributed by atoms with Gasteiger partial charge >= 0.3 is 0 Å². The molecule has 0 radical (unpaired) electrons. The van der Waals surface area contributed by atoms with Crippen molar-refractivity contribution in [2.75, 3.05) is 33.2 Å². The topological polar surface area (TPSA) is 56.7 Å². The van der Waals surface area contributed by atoms with Crippen molar-refractivity contribution in [2.24, 2.45) is 10.4 Å². The molecule has 0 bridgehead atoms. The number of hydrogen-bond acceptors (Lipinski definition) is 2. The smallest absolute Gasteiger partial charge is 0.224 e. The Labute approximate surface area is 143 Å². The summed E-state index contributed by atoms with van der Waals surface area (Å²) in [7, 11) is 1.77. The van der Waals surface area contributed by atoms with Gasteiger partial charge in [0.2, 0.25) is 5.91 Å². The summed E-state index contributed by atoms with van der Waals surface area (Å²) in [4.78, 5) is 18.4. The minimum atomic E-state index is -0.320. The second kappa shape index (κ2) is 8.13. The van der Waals surface area contributed by atoms with E-state index in [1.54, 1.807) is 19.2 Å². The number of nitrogens with zero attached hydrogens (tertiary/aromatic N) is 2. The van der Waals surface area contributed by atoms with Crippen molar-refractivity contribution in [2.45, 2.75) is 26.7 Å². The number of carbonyl (C=O) groups is 1. The van der Waals surface area contributed by atoms with Gasteiger partial charge in [-0.1, -0.05) is 26.0 Å². The maximum absolute atomic E-state index is 13.1. The van der Waals surface area contributed by atoms with Crippen LogP contribution in [-0.2, 0) is 11.2 Å². The first-order valence-corrected chi connectivity index (χ1v) is 8.36. The van der Waals surface area contributed by atoms with E-state index in [-0.39, 0.29) is 18.1 Å².